The maximum Gasteiger partial charge on any atom is 0.313 e. The number of amides is 3. The van der Waals surface area contributed by atoms with Crippen molar-refractivity contribution in [1.29, 1.82) is 0 Å². The monoisotopic (exact) mass is 618 g/mol. The molecular formula is C19H22N8O8S4. The zero-order valence-electron chi connectivity index (χ0n) is 19.8. The normalized spacial score (nSPS) is 21.9. The van der Waals surface area contributed by atoms with Gasteiger partial charge in [0.1, 0.15) is 34.6 Å². The molecule has 16 nitrogen and oxygen atoms in total. The van der Waals surface area contributed by atoms with Gasteiger partial charge in [0, 0.05) is 30.0 Å². The number of nitrogens with one attached hydrogen (secondary N) is 2. The molecule has 2 unspecified atom stereocenters. The van der Waals surface area contributed by atoms with Crippen molar-refractivity contribution in [2.24, 2.45) is 16.3 Å². The highest BCUT2D eigenvalue weighted by Gasteiger charge is 2.57. The molecule has 0 aliphatic carbocycles. The van der Waals surface area contributed by atoms with Crippen molar-refractivity contribution >= 4 is 87.7 Å². The average molecular weight is 619 g/mol. The summed E-state index contributed by atoms with van der Waals surface area (Å²) in [7, 11) is 0. The van der Waals surface area contributed by atoms with Crippen LogP contribution in [0, 0.1) is 5.41 Å². The van der Waals surface area contributed by atoms with E-state index in [-0.39, 0.29) is 54.2 Å². The zero-order valence-corrected chi connectivity index (χ0v) is 23.1. The molecule has 0 aromatic carbocycles. The summed E-state index contributed by atoms with van der Waals surface area (Å²) in [6, 6.07) is -0.865. The summed E-state index contributed by atoms with van der Waals surface area (Å²) in [4.78, 5) is 67.8. The molecule has 2 aliphatic heterocycles. The quantitative estimate of drug-likeness (QED) is 0.0489. The zero-order chi connectivity index (χ0) is 28.4. The van der Waals surface area contributed by atoms with Gasteiger partial charge in [0.05, 0.1) is 0 Å². The fraction of sp³-hybridized carbons (Fsp3) is 0.421. The summed E-state index contributed by atoms with van der Waals surface area (Å²) in [5.74, 6) is -1.61. The summed E-state index contributed by atoms with van der Waals surface area (Å²) < 4.78 is 0.653. The standard InChI is InChI=1S/C18H20N8O6S4.CH2O2/c19-1-2-32-25-10(9-3-33-16(22-9)20-7-27)12(28)23-11-13(29)26-4-18(15(30)31,5-34-14(11)26)6-35-17-24-21-8-36-17;2-1-3/h3,7-8,11,14H,1-2,4-6,19H2,(H,23,28)(H,30,31)(H,20,22,27);1H,(H,2,3)/t11?,14-,18?;/m1./s1. The number of nitrogens with zero attached hydrogens (tertiary/aromatic N) is 5. The molecule has 2 fully saturated rings. The van der Waals surface area contributed by atoms with Crippen LogP contribution in [0.25, 0.3) is 0 Å². The largest absolute Gasteiger partial charge is 0.483 e. The molecule has 0 saturated carbocycles. The second kappa shape index (κ2) is 14.2. The van der Waals surface area contributed by atoms with Crippen LogP contribution in [0.4, 0.5) is 5.13 Å². The number of hydrogen-bond donors (Lipinski definition) is 5. The van der Waals surface area contributed by atoms with Crippen LogP contribution in [-0.2, 0) is 28.8 Å². The first-order valence-corrected chi connectivity index (χ1v) is 14.6. The van der Waals surface area contributed by atoms with Crippen molar-refractivity contribution < 1.29 is 39.0 Å². The Morgan fingerprint density at radius 1 is 1.38 bits per heavy atom. The lowest BCUT2D eigenvalue weighted by atomic mass is 9.89. The van der Waals surface area contributed by atoms with Gasteiger partial charge in [-0.05, 0) is 0 Å². The Hall–Kier alpha value is -3.33. The molecule has 0 spiro atoms. The van der Waals surface area contributed by atoms with Gasteiger partial charge >= 0.3 is 5.97 Å². The van der Waals surface area contributed by atoms with Crippen LogP contribution in [0.3, 0.4) is 0 Å². The molecule has 2 saturated heterocycles. The maximum absolute atomic E-state index is 13.0. The Morgan fingerprint density at radius 3 is 2.79 bits per heavy atom. The third-order valence-electron chi connectivity index (χ3n) is 5.21. The third kappa shape index (κ3) is 7.20. The smallest absolute Gasteiger partial charge is 0.313 e. The Morgan fingerprint density at radius 2 is 2.15 bits per heavy atom. The molecule has 2 aromatic rings. The highest BCUT2D eigenvalue weighted by atomic mass is 32.2. The van der Waals surface area contributed by atoms with Crippen molar-refractivity contribution in [3.63, 3.8) is 0 Å². The van der Waals surface area contributed by atoms with Crippen LogP contribution in [-0.4, -0.2) is 109 Å². The van der Waals surface area contributed by atoms with Crippen molar-refractivity contribution in [3.8, 4) is 0 Å². The van der Waals surface area contributed by atoms with E-state index in [2.05, 4.69) is 31.0 Å². The molecular weight excluding hydrogens is 597 g/mol. The molecule has 210 valence electrons. The molecule has 0 bridgehead atoms. The van der Waals surface area contributed by atoms with Crippen molar-refractivity contribution in [1.82, 2.24) is 25.4 Å². The Kier molecular flexibility index (Phi) is 11.0. The highest BCUT2D eigenvalue weighted by molar-refractivity contribution is 8.01. The van der Waals surface area contributed by atoms with E-state index < -0.39 is 34.6 Å². The van der Waals surface area contributed by atoms with Gasteiger partial charge in [-0.3, -0.25) is 24.0 Å². The molecule has 3 atom stereocenters. The van der Waals surface area contributed by atoms with Gasteiger partial charge in [0.2, 0.25) is 12.3 Å². The predicted octanol–water partition coefficient (Wildman–Crippen LogP) is -0.794. The molecule has 6 N–H and O–H groups in total. The number of β-lactam (4-membered cyclic amide) rings is 1. The lowest BCUT2D eigenvalue weighted by Crippen LogP contribution is -2.74. The number of nitrogens with two attached hydrogens (primary N) is 1. The molecule has 2 aromatic heterocycles. The SMILES string of the molecule is NCCON=C(C(=O)NC1C(=O)N2CC(CSc3nncs3)(C(=O)O)CS[C@H]12)c1csc(NC=O)n1.O=CO. The fourth-order valence-corrected chi connectivity index (χ4v) is 7.41. The van der Waals surface area contributed by atoms with Gasteiger partial charge in [-0.2, -0.15) is 0 Å². The summed E-state index contributed by atoms with van der Waals surface area (Å²) >= 11 is 4.98. The van der Waals surface area contributed by atoms with E-state index in [1.165, 1.54) is 45.1 Å². The molecule has 4 rings (SSSR count). The molecule has 0 radical (unpaired) electrons. The number of oxime groups is 1. The lowest BCUT2D eigenvalue weighted by molar-refractivity contribution is -0.157. The summed E-state index contributed by atoms with van der Waals surface area (Å²) in [5.41, 5.74) is 5.79. The number of thioether (sulfide) groups is 2. The molecule has 20 heteroatoms. The average Bonchev–Trinajstić information content (AvgIpc) is 3.61. The van der Waals surface area contributed by atoms with Crippen LogP contribution < -0.4 is 16.4 Å². The third-order valence-corrected chi connectivity index (χ3v) is 9.72. The lowest BCUT2D eigenvalue weighted by Gasteiger charge is -2.53. The predicted molar refractivity (Wildman–Crippen MR) is 143 cm³/mol. The van der Waals surface area contributed by atoms with Crippen LogP contribution in [0.15, 0.2) is 20.4 Å². The van der Waals surface area contributed by atoms with Gasteiger partial charge < -0.3 is 36.3 Å². The molecule has 4 heterocycles. The summed E-state index contributed by atoms with van der Waals surface area (Å²) in [6.07, 6.45) is 0.454. The number of aromatic nitrogens is 3. The number of fused-ring (bicyclic) bond motifs is 1. The van der Waals surface area contributed by atoms with E-state index >= 15 is 0 Å². The minimum atomic E-state index is -1.16. The van der Waals surface area contributed by atoms with E-state index in [1.54, 1.807) is 5.51 Å². The number of carbonyl (C=O) groups excluding carboxylic acids is 3. The van der Waals surface area contributed by atoms with Gasteiger partial charge in [0.15, 0.2) is 15.2 Å². The number of rotatable bonds is 12. The van der Waals surface area contributed by atoms with Gasteiger partial charge in [-0.25, -0.2) is 4.98 Å². The van der Waals surface area contributed by atoms with Gasteiger partial charge in [-0.15, -0.1) is 33.3 Å². The highest BCUT2D eigenvalue weighted by Crippen LogP contribution is 2.44. The maximum atomic E-state index is 13.0. The second-order valence-corrected chi connectivity index (χ2v) is 11.7. The van der Waals surface area contributed by atoms with E-state index in [9.17, 15) is 24.3 Å². The van der Waals surface area contributed by atoms with Crippen LogP contribution >= 0.6 is 46.2 Å². The number of carboxylic acids is 1. The second-order valence-electron chi connectivity index (χ2n) is 7.66. The molecule has 3 amide bonds. The summed E-state index contributed by atoms with van der Waals surface area (Å²) in [6.45, 7) is -0.00341. The van der Waals surface area contributed by atoms with Gasteiger partial charge in [-0.1, -0.05) is 28.3 Å². The van der Waals surface area contributed by atoms with Crippen molar-refractivity contribution in [2.75, 3.05) is 36.5 Å². The Bertz CT molecular complexity index is 1210. The van der Waals surface area contributed by atoms with Crippen molar-refractivity contribution in [2.45, 2.75) is 15.8 Å². The topological polar surface area (TPSA) is 239 Å². The summed E-state index contributed by atoms with van der Waals surface area (Å²) in [5, 5.41) is 34.7. The fourth-order valence-electron chi connectivity index (χ4n) is 3.41. The minimum Gasteiger partial charge on any atom is -0.483 e. The number of carbonyl (C=O) groups is 5. The van der Waals surface area contributed by atoms with E-state index in [1.807, 2.05) is 0 Å². The Balaban J connectivity index is 0.00000134. The number of anilines is 1. The van der Waals surface area contributed by atoms with Crippen LogP contribution in [0.5, 0.6) is 0 Å². The van der Waals surface area contributed by atoms with Crippen molar-refractivity contribution in [3.05, 3.63) is 16.6 Å². The van der Waals surface area contributed by atoms with Crippen LogP contribution in [0.1, 0.15) is 5.69 Å². The first kappa shape index (κ1) is 30.2. The minimum absolute atomic E-state index is 0.0182. The van der Waals surface area contributed by atoms with Gasteiger partial charge in [0.25, 0.3) is 12.4 Å². The van der Waals surface area contributed by atoms with Crippen LogP contribution in [0.2, 0.25) is 0 Å². The van der Waals surface area contributed by atoms with E-state index in [0.29, 0.717) is 10.7 Å². The first-order valence-electron chi connectivity index (χ1n) is 10.8. The molecule has 2 aliphatic rings. The molecule has 39 heavy (non-hydrogen) atoms. The Labute approximate surface area is 236 Å². The number of hydrogen-bond acceptors (Lipinski definition) is 15. The number of aliphatic carboxylic acids is 1. The number of thiazole rings is 1. The van der Waals surface area contributed by atoms with E-state index in [4.69, 9.17) is 20.5 Å². The van der Waals surface area contributed by atoms with E-state index in [0.717, 1.165) is 11.3 Å². The first-order chi connectivity index (χ1) is 18.8. The number of carboxylic acid groups (broad SMARTS) is 2.